The summed E-state index contributed by atoms with van der Waals surface area (Å²) in [4.78, 5) is 10.6. The van der Waals surface area contributed by atoms with Gasteiger partial charge in [0.05, 0.1) is 6.61 Å². The van der Waals surface area contributed by atoms with E-state index in [4.69, 9.17) is 19.7 Å². The lowest BCUT2D eigenvalue weighted by Gasteiger charge is -2.39. The van der Waals surface area contributed by atoms with Crippen LogP contribution in [0.5, 0.6) is 5.75 Å². The Bertz CT molecular complexity index is 570. The zero-order valence-electron chi connectivity index (χ0n) is 12.0. The third-order valence-electron chi connectivity index (χ3n) is 3.42. The molecule has 0 unspecified atom stereocenters. The van der Waals surface area contributed by atoms with E-state index in [9.17, 15) is 20.1 Å². The number of benzene rings is 1. The van der Waals surface area contributed by atoms with Crippen LogP contribution in [0.1, 0.15) is 5.56 Å². The Kier molecular flexibility index (Phi) is 5.69. The van der Waals surface area contributed by atoms with Crippen molar-refractivity contribution in [3.8, 4) is 5.75 Å². The van der Waals surface area contributed by atoms with E-state index in [1.54, 1.807) is 18.2 Å². The van der Waals surface area contributed by atoms with Crippen LogP contribution in [0, 0.1) is 0 Å². The molecular weight excluding hydrogens is 308 g/mol. The highest BCUT2D eigenvalue weighted by Crippen LogP contribution is 2.27. The number of carbonyl (C=O) groups is 1. The molecule has 0 aromatic heterocycles. The topological polar surface area (TPSA) is 137 Å². The Morgan fingerprint density at radius 2 is 1.87 bits per heavy atom. The van der Waals surface area contributed by atoms with Gasteiger partial charge >= 0.3 is 5.97 Å². The predicted molar refractivity (Wildman–Crippen MR) is 77.5 cm³/mol. The van der Waals surface area contributed by atoms with Gasteiger partial charge in [-0.1, -0.05) is 18.2 Å². The summed E-state index contributed by atoms with van der Waals surface area (Å²) in [7, 11) is 0. The van der Waals surface area contributed by atoms with Gasteiger partial charge in [0.2, 0.25) is 6.29 Å². The highest BCUT2D eigenvalue weighted by molar-refractivity contribution is 5.85. The van der Waals surface area contributed by atoms with Crippen molar-refractivity contribution < 1.29 is 39.8 Å². The number of hydrogen-bond acceptors (Lipinski definition) is 7. The van der Waals surface area contributed by atoms with E-state index in [0.717, 1.165) is 6.08 Å². The lowest BCUT2D eigenvalue weighted by atomic mass is 9.99. The second kappa shape index (κ2) is 7.53. The summed E-state index contributed by atoms with van der Waals surface area (Å²) in [6.07, 6.45) is -4.74. The highest BCUT2D eigenvalue weighted by atomic mass is 16.7. The Morgan fingerprint density at radius 1 is 1.17 bits per heavy atom. The zero-order chi connectivity index (χ0) is 17.0. The Balaban J connectivity index is 2.19. The lowest BCUT2D eigenvalue weighted by molar-refractivity contribution is -0.277. The second-order valence-electron chi connectivity index (χ2n) is 5.02. The molecule has 0 bridgehead atoms. The van der Waals surface area contributed by atoms with Crippen molar-refractivity contribution in [3.05, 3.63) is 35.9 Å². The standard InChI is InChI=1S/C15H18O8/c16-7-10-12(19)13(20)14(21)15(23-10)22-9-4-2-1-3-8(9)5-6-11(17)18/h1-6,10,12-16,19-21H,7H2,(H,17,18)/b6-5-/t10-,12-,13-,14-,15-/m1/s1. The predicted octanol–water partition coefficient (Wildman–Crippen LogP) is -1.04. The lowest BCUT2D eigenvalue weighted by Crippen LogP contribution is -2.60. The van der Waals surface area contributed by atoms with Gasteiger partial charge in [-0.15, -0.1) is 0 Å². The smallest absolute Gasteiger partial charge is 0.328 e. The molecule has 0 amide bonds. The first kappa shape index (κ1) is 17.4. The molecule has 1 aromatic rings. The third kappa shape index (κ3) is 4.06. The summed E-state index contributed by atoms with van der Waals surface area (Å²) >= 11 is 0. The number of rotatable bonds is 5. The molecule has 126 valence electrons. The average Bonchev–Trinajstić information content (AvgIpc) is 2.54. The summed E-state index contributed by atoms with van der Waals surface area (Å²) in [6, 6.07) is 6.43. The van der Waals surface area contributed by atoms with Gasteiger partial charge < -0.3 is 35.0 Å². The highest BCUT2D eigenvalue weighted by Gasteiger charge is 2.44. The Morgan fingerprint density at radius 3 is 2.52 bits per heavy atom. The number of para-hydroxylation sites is 1. The molecular formula is C15H18O8. The third-order valence-corrected chi connectivity index (χ3v) is 3.42. The van der Waals surface area contributed by atoms with E-state index in [2.05, 4.69) is 0 Å². The van der Waals surface area contributed by atoms with Gasteiger partial charge in [-0.3, -0.25) is 0 Å². The number of aliphatic hydroxyl groups excluding tert-OH is 4. The van der Waals surface area contributed by atoms with E-state index >= 15 is 0 Å². The molecule has 1 fully saturated rings. The summed E-state index contributed by atoms with van der Waals surface area (Å²) in [5, 5.41) is 47.2. The number of carboxylic acids is 1. The number of aliphatic hydroxyl groups is 4. The fraction of sp³-hybridized carbons (Fsp3) is 0.400. The van der Waals surface area contributed by atoms with Crippen molar-refractivity contribution >= 4 is 12.0 Å². The fourth-order valence-corrected chi connectivity index (χ4v) is 2.18. The molecule has 8 nitrogen and oxygen atoms in total. The molecule has 0 spiro atoms. The van der Waals surface area contributed by atoms with E-state index < -0.39 is 43.3 Å². The van der Waals surface area contributed by atoms with Crippen LogP contribution < -0.4 is 4.74 Å². The van der Waals surface area contributed by atoms with Gasteiger partial charge in [0.1, 0.15) is 30.2 Å². The van der Waals surface area contributed by atoms with Crippen molar-refractivity contribution in [1.29, 1.82) is 0 Å². The first-order chi connectivity index (χ1) is 10.9. The first-order valence-electron chi connectivity index (χ1n) is 6.91. The van der Waals surface area contributed by atoms with Gasteiger partial charge in [-0.05, 0) is 12.1 Å². The molecule has 1 aliphatic heterocycles. The quantitative estimate of drug-likeness (QED) is 0.433. The van der Waals surface area contributed by atoms with Crippen molar-refractivity contribution in [1.82, 2.24) is 0 Å². The van der Waals surface area contributed by atoms with Gasteiger partial charge in [-0.2, -0.15) is 0 Å². The molecule has 1 saturated heterocycles. The van der Waals surface area contributed by atoms with E-state index in [0.29, 0.717) is 5.56 Å². The minimum Gasteiger partial charge on any atom is -0.478 e. The fourth-order valence-electron chi connectivity index (χ4n) is 2.18. The SMILES string of the molecule is O=C(O)/C=C\c1ccccc1O[C@@H]1O[C@H](CO)[C@@H](O)[C@@H](O)[C@H]1O. The van der Waals surface area contributed by atoms with Crippen LogP contribution in [0.3, 0.4) is 0 Å². The maximum atomic E-state index is 10.6. The van der Waals surface area contributed by atoms with Crippen molar-refractivity contribution in [2.75, 3.05) is 6.61 Å². The molecule has 23 heavy (non-hydrogen) atoms. The number of hydrogen-bond donors (Lipinski definition) is 5. The van der Waals surface area contributed by atoms with Crippen LogP contribution >= 0.6 is 0 Å². The average molecular weight is 326 g/mol. The minimum absolute atomic E-state index is 0.217. The van der Waals surface area contributed by atoms with Crippen LogP contribution in [-0.2, 0) is 9.53 Å². The molecule has 1 heterocycles. The molecule has 2 rings (SSSR count). The van der Waals surface area contributed by atoms with Crippen molar-refractivity contribution in [2.24, 2.45) is 0 Å². The molecule has 8 heteroatoms. The monoisotopic (exact) mass is 326 g/mol. The minimum atomic E-state index is -1.55. The Labute approximate surface area is 131 Å². The van der Waals surface area contributed by atoms with Gasteiger partial charge in [0.25, 0.3) is 0 Å². The second-order valence-corrected chi connectivity index (χ2v) is 5.02. The number of aliphatic carboxylic acids is 1. The summed E-state index contributed by atoms with van der Waals surface area (Å²) in [5.74, 6) is -0.915. The van der Waals surface area contributed by atoms with Crippen molar-refractivity contribution in [2.45, 2.75) is 30.7 Å². The summed E-state index contributed by atoms with van der Waals surface area (Å²) < 4.78 is 10.7. The largest absolute Gasteiger partial charge is 0.478 e. The molecule has 5 atom stereocenters. The molecule has 0 aliphatic carbocycles. The molecule has 0 saturated carbocycles. The first-order valence-corrected chi connectivity index (χ1v) is 6.91. The van der Waals surface area contributed by atoms with E-state index in [1.165, 1.54) is 12.1 Å². The van der Waals surface area contributed by atoms with Crippen molar-refractivity contribution in [3.63, 3.8) is 0 Å². The van der Waals surface area contributed by atoms with Gasteiger partial charge in [-0.25, -0.2) is 4.79 Å². The number of ether oxygens (including phenoxy) is 2. The van der Waals surface area contributed by atoms with E-state index in [1.807, 2.05) is 0 Å². The zero-order valence-corrected chi connectivity index (χ0v) is 12.0. The molecule has 0 radical (unpaired) electrons. The van der Waals surface area contributed by atoms with Crippen LogP contribution in [0.15, 0.2) is 30.3 Å². The van der Waals surface area contributed by atoms with Crippen LogP contribution in [0.25, 0.3) is 6.08 Å². The number of carboxylic acid groups (broad SMARTS) is 1. The van der Waals surface area contributed by atoms with Crippen LogP contribution in [0.4, 0.5) is 0 Å². The van der Waals surface area contributed by atoms with Gasteiger partial charge in [0.15, 0.2) is 0 Å². The van der Waals surface area contributed by atoms with Crippen LogP contribution in [-0.4, -0.2) is 68.8 Å². The van der Waals surface area contributed by atoms with E-state index in [-0.39, 0.29) is 5.75 Å². The summed E-state index contributed by atoms with van der Waals surface area (Å²) in [6.45, 7) is -0.564. The van der Waals surface area contributed by atoms with Crippen LogP contribution in [0.2, 0.25) is 0 Å². The normalized spacial score (nSPS) is 31.2. The molecule has 1 aliphatic rings. The maximum absolute atomic E-state index is 10.6. The molecule has 5 N–H and O–H groups in total. The van der Waals surface area contributed by atoms with Gasteiger partial charge in [0, 0.05) is 11.6 Å². The Hall–Kier alpha value is -1.97. The maximum Gasteiger partial charge on any atom is 0.328 e. The molecule has 1 aromatic carbocycles. The summed E-state index contributed by atoms with van der Waals surface area (Å²) in [5.41, 5.74) is 0.423.